The van der Waals surface area contributed by atoms with E-state index in [1.807, 2.05) is 31.2 Å². The molecule has 0 radical (unpaired) electrons. The molecule has 0 amide bonds. The van der Waals surface area contributed by atoms with Gasteiger partial charge < -0.3 is 4.74 Å². The molecule has 0 aliphatic heterocycles. The summed E-state index contributed by atoms with van der Waals surface area (Å²) in [7, 11) is 0. The standard InChI is InChI=1S/C14H20O2/c1-3-5-10-16-14-9-7-6-8-12(14)11-13(15)4-2/h6-9H,3-5,10-11H2,1-2H3. The molecule has 1 rings (SSSR count). The van der Waals surface area contributed by atoms with E-state index in [-0.39, 0.29) is 5.78 Å². The van der Waals surface area contributed by atoms with Gasteiger partial charge in [-0.1, -0.05) is 38.5 Å². The summed E-state index contributed by atoms with van der Waals surface area (Å²) in [5.74, 6) is 1.12. The van der Waals surface area contributed by atoms with Crippen LogP contribution in [0, 0.1) is 0 Å². The van der Waals surface area contributed by atoms with Crippen molar-refractivity contribution in [2.75, 3.05) is 6.61 Å². The number of hydrogen-bond donors (Lipinski definition) is 0. The first-order chi connectivity index (χ1) is 7.77. The number of Topliss-reactive ketones (excluding diaryl/α,β-unsaturated/α-hetero) is 1. The Morgan fingerprint density at radius 3 is 2.69 bits per heavy atom. The molecule has 0 saturated heterocycles. The summed E-state index contributed by atoms with van der Waals surface area (Å²) in [6.07, 6.45) is 3.24. The first kappa shape index (κ1) is 12.8. The van der Waals surface area contributed by atoms with Crippen LogP contribution in [-0.2, 0) is 11.2 Å². The topological polar surface area (TPSA) is 26.3 Å². The van der Waals surface area contributed by atoms with Crippen LogP contribution in [0.15, 0.2) is 24.3 Å². The summed E-state index contributed by atoms with van der Waals surface area (Å²) in [5, 5.41) is 0. The molecule has 0 aliphatic rings. The Hall–Kier alpha value is -1.31. The highest BCUT2D eigenvalue weighted by Gasteiger charge is 2.06. The highest BCUT2D eigenvalue weighted by Crippen LogP contribution is 2.19. The number of rotatable bonds is 7. The molecule has 0 N–H and O–H groups in total. The smallest absolute Gasteiger partial charge is 0.137 e. The lowest BCUT2D eigenvalue weighted by Crippen LogP contribution is -2.04. The number of ketones is 1. The Balaban J connectivity index is 2.63. The van der Waals surface area contributed by atoms with Crippen molar-refractivity contribution in [1.29, 1.82) is 0 Å². The first-order valence-electron chi connectivity index (χ1n) is 6.00. The maximum atomic E-state index is 11.4. The lowest BCUT2D eigenvalue weighted by Gasteiger charge is -2.10. The molecule has 16 heavy (non-hydrogen) atoms. The largest absolute Gasteiger partial charge is 0.493 e. The minimum Gasteiger partial charge on any atom is -0.493 e. The molecular weight excluding hydrogens is 200 g/mol. The number of ether oxygens (including phenoxy) is 1. The molecule has 2 nitrogen and oxygen atoms in total. The van der Waals surface area contributed by atoms with Crippen LogP contribution in [0.25, 0.3) is 0 Å². The van der Waals surface area contributed by atoms with Gasteiger partial charge in [-0.3, -0.25) is 4.79 Å². The Kier molecular flexibility index (Phi) is 5.62. The van der Waals surface area contributed by atoms with Crippen molar-refractivity contribution < 1.29 is 9.53 Å². The molecule has 0 aromatic heterocycles. The van der Waals surface area contributed by atoms with Gasteiger partial charge in [-0.05, 0) is 12.5 Å². The molecule has 0 aliphatic carbocycles. The quantitative estimate of drug-likeness (QED) is 0.658. The lowest BCUT2D eigenvalue weighted by atomic mass is 10.1. The maximum Gasteiger partial charge on any atom is 0.137 e. The van der Waals surface area contributed by atoms with Gasteiger partial charge in [0.1, 0.15) is 11.5 Å². The third-order valence-corrected chi connectivity index (χ3v) is 2.51. The van der Waals surface area contributed by atoms with E-state index in [4.69, 9.17) is 4.74 Å². The van der Waals surface area contributed by atoms with Crippen LogP contribution >= 0.6 is 0 Å². The third-order valence-electron chi connectivity index (χ3n) is 2.51. The van der Waals surface area contributed by atoms with E-state index in [1.165, 1.54) is 0 Å². The predicted molar refractivity (Wildman–Crippen MR) is 65.8 cm³/mol. The van der Waals surface area contributed by atoms with E-state index in [2.05, 4.69) is 6.92 Å². The fraction of sp³-hybridized carbons (Fsp3) is 0.500. The highest BCUT2D eigenvalue weighted by atomic mass is 16.5. The zero-order valence-electron chi connectivity index (χ0n) is 10.2. The van der Waals surface area contributed by atoms with Crippen LogP contribution in [-0.4, -0.2) is 12.4 Å². The zero-order valence-corrected chi connectivity index (χ0v) is 10.2. The van der Waals surface area contributed by atoms with Gasteiger partial charge in [0.25, 0.3) is 0 Å². The summed E-state index contributed by atoms with van der Waals surface area (Å²) in [5.41, 5.74) is 1.01. The molecule has 0 atom stereocenters. The Bertz CT molecular complexity index is 331. The van der Waals surface area contributed by atoms with Crippen LogP contribution in [0.3, 0.4) is 0 Å². The van der Waals surface area contributed by atoms with Gasteiger partial charge in [0.2, 0.25) is 0 Å². The number of hydrogen-bond acceptors (Lipinski definition) is 2. The van der Waals surface area contributed by atoms with Gasteiger partial charge in [0, 0.05) is 18.4 Å². The number of benzene rings is 1. The van der Waals surface area contributed by atoms with Crippen molar-refractivity contribution in [3.8, 4) is 5.75 Å². The summed E-state index contributed by atoms with van der Waals surface area (Å²) in [4.78, 5) is 11.4. The Labute approximate surface area is 97.6 Å². The first-order valence-corrected chi connectivity index (χ1v) is 6.00. The SMILES string of the molecule is CCCCOc1ccccc1CC(=O)CC. The van der Waals surface area contributed by atoms with Gasteiger partial charge >= 0.3 is 0 Å². The number of unbranched alkanes of at least 4 members (excludes halogenated alkanes) is 1. The maximum absolute atomic E-state index is 11.4. The molecule has 0 spiro atoms. The molecule has 88 valence electrons. The van der Waals surface area contributed by atoms with Crippen LogP contribution in [0.4, 0.5) is 0 Å². The zero-order chi connectivity index (χ0) is 11.8. The lowest BCUT2D eigenvalue weighted by molar-refractivity contribution is -0.118. The molecule has 0 fully saturated rings. The fourth-order valence-electron chi connectivity index (χ4n) is 1.45. The van der Waals surface area contributed by atoms with Gasteiger partial charge in [-0.2, -0.15) is 0 Å². The predicted octanol–water partition coefficient (Wildman–Crippen LogP) is 3.39. The summed E-state index contributed by atoms with van der Waals surface area (Å²) in [6, 6.07) is 7.80. The number of carbonyl (C=O) groups excluding carboxylic acids is 1. The van der Waals surface area contributed by atoms with Crippen molar-refractivity contribution in [2.24, 2.45) is 0 Å². The number of carbonyl (C=O) groups is 1. The van der Waals surface area contributed by atoms with Crippen molar-refractivity contribution in [3.63, 3.8) is 0 Å². The van der Waals surface area contributed by atoms with Crippen molar-refractivity contribution in [2.45, 2.75) is 39.5 Å². The molecule has 1 aromatic rings. The molecule has 0 bridgehead atoms. The molecule has 1 aromatic carbocycles. The monoisotopic (exact) mass is 220 g/mol. The van der Waals surface area contributed by atoms with Gasteiger partial charge in [-0.25, -0.2) is 0 Å². The fourth-order valence-corrected chi connectivity index (χ4v) is 1.45. The average Bonchev–Trinajstić information content (AvgIpc) is 2.31. The minimum absolute atomic E-state index is 0.256. The van der Waals surface area contributed by atoms with Crippen LogP contribution in [0.2, 0.25) is 0 Å². The minimum atomic E-state index is 0.256. The molecule has 0 saturated carbocycles. The van der Waals surface area contributed by atoms with E-state index in [0.29, 0.717) is 12.8 Å². The normalized spacial score (nSPS) is 10.1. The molecular formula is C14H20O2. The van der Waals surface area contributed by atoms with Gasteiger partial charge in [0.05, 0.1) is 6.61 Å². The van der Waals surface area contributed by atoms with E-state index < -0.39 is 0 Å². The highest BCUT2D eigenvalue weighted by molar-refractivity contribution is 5.81. The second kappa shape index (κ2) is 7.04. The van der Waals surface area contributed by atoms with Crippen LogP contribution in [0.5, 0.6) is 5.75 Å². The van der Waals surface area contributed by atoms with Gasteiger partial charge in [-0.15, -0.1) is 0 Å². The van der Waals surface area contributed by atoms with Crippen LogP contribution in [0.1, 0.15) is 38.7 Å². The van der Waals surface area contributed by atoms with E-state index in [1.54, 1.807) is 0 Å². The van der Waals surface area contributed by atoms with E-state index >= 15 is 0 Å². The molecule has 2 heteroatoms. The summed E-state index contributed by atoms with van der Waals surface area (Å²) < 4.78 is 5.67. The summed E-state index contributed by atoms with van der Waals surface area (Å²) >= 11 is 0. The van der Waals surface area contributed by atoms with Crippen molar-refractivity contribution in [3.05, 3.63) is 29.8 Å². The summed E-state index contributed by atoms with van der Waals surface area (Å²) in [6.45, 7) is 4.76. The molecule has 0 unspecified atom stereocenters. The van der Waals surface area contributed by atoms with E-state index in [9.17, 15) is 4.79 Å². The van der Waals surface area contributed by atoms with Crippen molar-refractivity contribution >= 4 is 5.78 Å². The Morgan fingerprint density at radius 1 is 1.25 bits per heavy atom. The van der Waals surface area contributed by atoms with Crippen molar-refractivity contribution in [1.82, 2.24) is 0 Å². The van der Waals surface area contributed by atoms with E-state index in [0.717, 1.165) is 30.8 Å². The average molecular weight is 220 g/mol. The third kappa shape index (κ3) is 4.05. The second-order valence-corrected chi connectivity index (χ2v) is 3.88. The van der Waals surface area contributed by atoms with Crippen LogP contribution < -0.4 is 4.74 Å². The van der Waals surface area contributed by atoms with Gasteiger partial charge in [0.15, 0.2) is 0 Å². The number of para-hydroxylation sites is 1. The molecule has 0 heterocycles. The second-order valence-electron chi connectivity index (χ2n) is 3.88. The Morgan fingerprint density at radius 2 is 2.00 bits per heavy atom.